The first-order valence-electron chi connectivity index (χ1n) is 3.02. The van der Waals surface area contributed by atoms with E-state index < -0.39 is 0 Å². The van der Waals surface area contributed by atoms with Crippen molar-refractivity contribution in [2.75, 3.05) is 0 Å². The van der Waals surface area contributed by atoms with E-state index in [2.05, 4.69) is 29.6 Å². The highest BCUT2D eigenvalue weighted by molar-refractivity contribution is 8.00. The molecule has 50 valence electrons. The maximum absolute atomic E-state index is 4.08. The lowest BCUT2D eigenvalue weighted by Crippen LogP contribution is -2.16. The van der Waals surface area contributed by atoms with E-state index in [1.165, 1.54) is 11.9 Å². The lowest BCUT2D eigenvalue weighted by atomic mass is 10.0. The van der Waals surface area contributed by atoms with Gasteiger partial charge in [-0.3, -0.25) is 0 Å². The van der Waals surface area contributed by atoms with Gasteiger partial charge >= 0.3 is 0 Å². The first-order valence-corrected chi connectivity index (χ1v) is 3.86. The van der Waals surface area contributed by atoms with Crippen molar-refractivity contribution < 1.29 is 0 Å². The van der Waals surface area contributed by atoms with Gasteiger partial charge in [0.15, 0.2) is 0 Å². The topological polar surface area (TPSA) is 24.7 Å². The Hall–Kier alpha value is -0.310. The van der Waals surface area contributed by atoms with Crippen molar-refractivity contribution in [3.63, 3.8) is 0 Å². The average molecular weight is 142 g/mol. The summed E-state index contributed by atoms with van der Waals surface area (Å²) in [5.74, 6) is 0. The Bertz CT molecular complexity index is 139. The Kier molecular flexibility index (Phi) is 1.90. The molecule has 0 amide bonds. The molecule has 3 heteroatoms. The standard InChI is InChI=1S/C6H10N2S/c1-3-6(2)4-5-9-8-7-6/h4-5H,3H2,1-2H3. The second-order valence-electron chi connectivity index (χ2n) is 2.30. The Labute approximate surface area is 59.6 Å². The summed E-state index contributed by atoms with van der Waals surface area (Å²) in [6.07, 6.45) is 3.11. The smallest absolute Gasteiger partial charge is 0.0984 e. The van der Waals surface area contributed by atoms with Crippen LogP contribution in [-0.2, 0) is 0 Å². The highest BCUT2D eigenvalue weighted by atomic mass is 32.2. The SMILES string of the molecule is CCC1(C)C=CSN=N1. The summed E-state index contributed by atoms with van der Waals surface area (Å²) in [6, 6.07) is 0. The van der Waals surface area contributed by atoms with Crippen molar-refractivity contribution in [2.24, 2.45) is 9.63 Å². The number of hydrogen-bond donors (Lipinski definition) is 0. The van der Waals surface area contributed by atoms with Crippen LogP contribution in [0.5, 0.6) is 0 Å². The van der Waals surface area contributed by atoms with E-state index in [1.807, 2.05) is 5.41 Å². The summed E-state index contributed by atoms with van der Waals surface area (Å²) in [5.41, 5.74) is -0.0226. The van der Waals surface area contributed by atoms with Gasteiger partial charge in [-0.25, -0.2) is 0 Å². The van der Waals surface area contributed by atoms with Crippen molar-refractivity contribution in [2.45, 2.75) is 25.8 Å². The van der Waals surface area contributed by atoms with E-state index in [0.717, 1.165) is 6.42 Å². The molecular formula is C6H10N2S. The quantitative estimate of drug-likeness (QED) is 0.517. The van der Waals surface area contributed by atoms with Crippen LogP contribution in [-0.4, -0.2) is 5.54 Å². The van der Waals surface area contributed by atoms with Gasteiger partial charge in [-0.2, -0.15) is 5.11 Å². The first kappa shape index (κ1) is 6.81. The van der Waals surface area contributed by atoms with Gasteiger partial charge < -0.3 is 0 Å². The molecule has 0 radical (unpaired) electrons. The summed E-state index contributed by atoms with van der Waals surface area (Å²) < 4.78 is 3.86. The molecule has 0 bridgehead atoms. The van der Waals surface area contributed by atoms with E-state index in [-0.39, 0.29) is 5.54 Å². The fraction of sp³-hybridized carbons (Fsp3) is 0.667. The first-order chi connectivity index (χ1) is 4.27. The van der Waals surface area contributed by atoms with E-state index in [9.17, 15) is 0 Å². The van der Waals surface area contributed by atoms with Crippen LogP contribution in [0, 0.1) is 0 Å². The van der Waals surface area contributed by atoms with Gasteiger partial charge in [-0.15, -0.1) is 4.52 Å². The molecule has 0 fully saturated rings. The number of nitrogens with zero attached hydrogens (tertiary/aromatic N) is 2. The lowest BCUT2D eigenvalue weighted by Gasteiger charge is -2.18. The molecule has 0 aliphatic carbocycles. The summed E-state index contributed by atoms with van der Waals surface area (Å²) >= 11 is 1.39. The van der Waals surface area contributed by atoms with Gasteiger partial charge in [0.1, 0.15) is 0 Å². The van der Waals surface area contributed by atoms with Gasteiger partial charge in [-0.05, 0) is 24.8 Å². The van der Waals surface area contributed by atoms with Gasteiger partial charge in [0.25, 0.3) is 0 Å². The van der Waals surface area contributed by atoms with Crippen LogP contribution < -0.4 is 0 Å². The van der Waals surface area contributed by atoms with Gasteiger partial charge in [0, 0.05) is 11.9 Å². The number of hydrogen-bond acceptors (Lipinski definition) is 3. The molecule has 1 atom stereocenters. The fourth-order valence-electron chi connectivity index (χ4n) is 0.543. The maximum atomic E-state index is 4.08. The molecule has 1 unspecified atom stereocenters. The normalized spacial score (nSPS) is 33.1. The predicted octanol–water partition coefficient (Wildman–Crippen LogP) is 2.78. The highest BCUT2D eigenvalue weighted by Gasteiger charge is 2.18. The minimum atomic E-state index is -0.0226. The summed E-state index contributed by atoms with van der Waals surface area (Å²) in [5, 5.41) is 6.06. The molecule has 0 aromatic heterocycles. The predicted molar refractivity (Wildman–Crippen MR) is 40.3 cm³/mol. The molecule has 1 rings (SSSR count). The second-order valence-corrected chi connectivity index (χ2v) is 2.95. The van der Waals surface area contributed by atoms with Gasteiger partial charge in [0.2, 0.25) is 0 Å². The third-order valence-electron chi connectivity index (χ3n) is 1.52. The molecule has 0 saturated heterocycles. The Balaban J connectivity index is 2.67. The van der Waals surface area contributed by atoms with Crippen molar-refractivity contribution in [1.29, 1.82) is 0 Å². The molecule has 1 aliphatic rings. The van der Waals surface area contributed by atoms with Crippen LogP contribution in [0.1, 0.15) is 20.3 Å². The second kappa shape index (κ2) is 2.52. The van der Waals surface area contributed by atoms with E-state index in [0.29, 0.717) is 0 Å². The zero-order valence-electron chi connectivity index (χ0n) is 5.66. The molecule has 9 heavy (non-hydrogen) atoms. The summed E-state index contributed by atoms with van der Waals surface area (Å²) in [7, 11) is 0. The fourth-order valence-corrected chi connectivity index (χ4v) is 1.19. The van der Waals surface area contributed by atoms with Crippen molar-refractivity contribution in [3.05, 3.63) is 11.5 Å². The molecule has 0 N–H and O–H groups in total. The molecule has 1 aliphatic heterocycles. The maximum Gasteiger partial charge on any atom is 0.0984 e. The lowest BCUT2D eigenvalue weighted by molar-refractivity contribution is 0.543. The monoisotopic (exact) mass is 142 g/mol. The van der Waals surface area contributed by atoms with Gasteiger partial charge in [0.05, 0.1) is 5.54 Å². The molecule has 0 aromatic rings. The van der Waals surface area contributed by atoms with Crippen molar-refractivity contribution in [3.8, 4) is 0 Å². The third-order valence-corrected chi connectivity index (χ3v) is 1.95. The third kappa shape index (κ3) is 1.55. The molecule has 0 saturated carbocycles. The Morgan fingerprint density at radius 3 is 2.78 bits per heavy atom. The summed E-state index contributed by atoms with van der Waals surface area (Å²) in [4.78, 5) is 0. The molecular weight excluding hydrogens is 132 g/mol. The molecule has 2 nitrogen and oxygen atoms in total. The zero-order chi connectivity index (χ0) is 6.74. The molecule has 0 spiro atoms. The Morgan fingerprint density at radius 1 is 1.67 bits per heavy atom. The van der Waals surface area contributed by atoms with Crippen LogP contribution in [0.15, 0.2) is 21.1 Å². The van der Waals surface area contributed by atoms with Crippen LogP contribution >= 0.6 is 11.9 Å². The largest absolute Gasteiger partial charge is 0.171 e. The number of rotatable bonds is 1. The highest BCUT2D eigenvalue weighted by Crippen LogP contribution is 2.25. The zero-order valence-corrected chi connectivity index (χ0v) is 6.48. The average Bonchev–Trinajstić information content (AvgIpc) is 1.90. The minimum absolute atomic E-state index is 0.0226. The van der Waals surface area contributed by atoms with Crippen LogP contribution in [0.4, 0.5) is 0 Å². The van der Waals surface area contributed by atoms with Gasteiger partial charge in [-0.1, -0.05) is 6.92 Å². The van der Waals surface area contributed by atoms with E-state index in [1.54, 1.807) is 0 Å². The minimum Gasteiger partial charge on any atom is -0.171 e. The van der Waals surface area contributed by atoms with E-state index in [4.69, 9.17) is 0 Å². The van der Waals surface area contributed by atoms with Crippen LogP contribution in [0.25, 0.3) is 0 Å². The van der Waals surface area contributed by atoms with Crippen LogP contribution in [0.3, 0.4) is 0 Å². The molecule has 1 heterocycles. The van der Waals surface area contributed by atoms with Crippen molar-refractivity contribution >= 4 is 11.9 Å². The summed E-state index contributed by atoms with van der Waals surface area (Å²) in [6.45, 7) is 4.19. The van der Waals surface area contributed by atoms with Crippen LogP contribution in [0.2, 0.25) is 0 Å². The molecule has 0 aromatic carbocycles. The van der Waals surface area contributed by atoms with E-state index >= 15 is 0 Å². The Morgan fingerprint density at radius 2 is 2.44 bits per heavy atom. The van der Waals surface area contributed by atoms with Crippen molar-refractivity contribution in [1.82, 2.24) is 0 Å².